The number of nitrogens with one attached hydrogen (secondary N) is 1. The van der Waals surface area contributed by atoms with Crippen LogP contribution in [0.2, 0.25) is 6.32 Å². The Kier molecular flexibility index (Phi) is 3.23. The van der Waals surface area contributed by atoms with Gasteiger partial charge in [-0.05, 0) is 18.5 Å². The standard InChI is InChI=1S/C14H20BN2O/c1-2-8-16-10-12-5-3-6-13-11-18-15(14(12)13)7-4-9-17-15/h3,5-6,10,17H,2,4,7-9,11H2,1H3/q-1. The first kappa shape index (κ1) is 11.9. The van der Waals surface area contributed by atoms with E-state index in [4.69, 9.17) is 4.65 Å². The Morgan fingerprint density at radius 2 is 2.44 bits per heavy atom. The average Bonchev–Trinajstić information content (AvgIpc) is 3.00. The van der Waals surface area contributed by atoms with Gasteiger partial charge < -0.3 is 9.88 Å². The molecule has 1 unspecified atom stereocenters. The van der Waals surface area contributed by atoms with E-state index in [0.717, 1.165) is 32.4 Å². The van der Waals surface area contributed by atoms with Crippen molar-refractivity contribution in [3.05, 3.63) is 29.3 Å². The summed E-state index contributed by atoms with van der Waals surface area (Å²) in [5, 5.41) is 3.60. The lowest BCUT2D eigenvalue weighted by atomic mass is 9.45. The fraction of sp³-hybridized carbons (Fsp3) is 0.500. The zero-order chi connectivity index (χ0) is 12.4. The number of benzene rings is 1. The second kappa shape index (κ2) is 4.86. The highest BCUT2D eigenvalue weighted by molar-refractivity contribution is 6.86. The molecule has 3 nitrogen and oxygen atoms in total. The van der Waals surface area contributed by atoms with E-state index in [0.29, 0.717) is 0 Å². The molecule has 2 aliphatic rings. The third-order valence-electron chi connectivity index (χ3n) is 4.06. The Morgan fingerprint density at radius 3 is 3.22 bits per heavy atom. The summed E-state index contributed by atoms with van der Waals surface area (Å²) in [6, 6.07) is 6.46. The lowest BCUT2D eigenvalue weighted by Gasteiger charge is -2.33. The van der Waals surface area contributed by atoms with E-state index < -0.39 is 6.48 Å². The lowest BCUT2D eigenvalue weighted by molar-refractivity contribution is 0.309. The molecular weight excluding hydrogens is 223 g/mol. The fourth-order valence-corrected chi connectivity index (χ4v) is 3.26. The Morgan fingerprint density at radius 1 is 1.50 bits per heavy atom. The maximum atomic E-state index is 6.11. The summed E-state index contributed by atoms with van der Waals surface area (Å²) in [7, 11) is 0. The maximum Gasteiger partial charge on any atom is 0.211 e. The van der Waals surface area contributed by atoms with Crippen molar-refractivity contribution in [1.29, 1.82) is 0 Å². The first-order chi connectivity index (χ1) is 8.86. The second-order valence-corrected chi connectivity index (χ2v) is 5.32. The summed E-state index contributed by atoms with van der Waals surface area (Å²) in [6.45, 7) is 3.92. The van der Waals surface area contributed by atoms with Crippen LogP contribution in [0, 0.1) is 0 Å². The SMILES string of the molecule is CCCN=Cc1cccc2c1[B-]1(CCCN1)OC2. The van der Waals surface area contributed by atoms with Gasteiger partial charge >= 0.3 is 0 Å². The van der Waals surface area contributed by atoms with E-state index in [2.05, 4.69) is 35.3 Å². The Labute approximate surface area is 109 Å². The molecule has 1 aromatic rings. The molecule has 0 aromatic heterocycles. The van der Waals surface area contributed by atoms with Gasteiger partial charge in [-0.2, -0.15) is 5.46 Å². The minimum atomic E-state index is -0.954. The molecule has 2 aliphatic heterocycles. The van der Waals surface area contributed by atoms with E-state index in [1.165, 1.54) is 23.0 Å². The molecule has 4 heteroatoms. The van der Waals surface area contributed by atoms with Gasteiger partial charge in [0.1, 0.15) is 0 Å². The summed E-state index contributed by atoms with van der Waals surface area (Å²) in [6.07, 6.45) is 5.46. The largest absolute Gasteiger partial charge is 0.571 e. The summed E-state index contributed by atoms with van der Waals surface area (Å²) in [4.78, 5) is 4.49. The highest BCUT2D eigenvalue weighted by Crippen LogP contribution is 2.27. The minimum absolute atomic E-state index is 0.748. The van der Waals surface area contributed by atoms with E-state index in [1.54, 1.807) is 0 Å². The summed E-state index contributed by atoms with van der Waals surface area (Å²) in [5.41, 5.74) is 3.97. The number of hydrogen-bond donors (Lipinski definition) is 1. The van der Waals surface area contributed by atoms with Crippen LogP contribution in [0.15, 0.2) is 23.2 Å². The molecule has 0 amide bonds. The Balaban J connectivity index is 1.99. The van der Waals surface area contributed by atoms with Crippen LogP contribution in [0.5, 0.6) is 0 Å². The van der Waals surface area contributed by atoms with E-state index in [9.17, 15) is 0 Å². The van der Waals surface area contributed by atoms with Gasteiger partial charge in [0.05, 0.1) is 0 Å². The second-order valence-electron chi connectivity index (χ2n) is 5.32. The van der Waals surface area contributed by atoms with Crippen molar-refractivity contribution in [1.82, 2.24) is 5.23 Å². The van der Waals surface area contributed by atoms with Crippen molar-refractivity contribution < 1.29 is 4.65 Å². The molecule has 0 bridgehead atoms. The van der Waals surface area contributed by atoms with E-state index in [-0.39, 0.29) is 0 Å². The first-order valence-corrected chi connectivity index (χ1v) is 7.03. The van der Waals surface area contributed by atoms with Gasteiger partial charge in [-0.25, -0.2) is 0 Å². The Hall–Kier alpha value is -1.13. The van der Waals surface area contributed by atoms with Gasteiger partial charge in [-0.15, -0.1) is 6.32 Å². The highest BCUT2D eigenvalue weighted by atomic mass is 16.5. The molecule has 1 atom stereocenters. The molecule has 1 N–H and O–H groups in total. The van der Waals surface area contributed by atoms with Crippen LogP contribution < -0.4 is 10.7 Å². The molecule has 0 saturated carbocycles. The van der Waals surface area contributed by atoms with Crippen LogP contribution in [0.1, 0.15) is 30.9 Å². The number of fused-ring (bicyclic) bond motifs is 2. The normalized spacial score (nSPS) is 26.3. The first-order valence-electron chi connectivity index (χ1n) is 7.03. The quantitative estimate of drug-likeness (QED) is 0.647. The van der Waals surface area contributed by atoms with Crippen molar-refractivity contribution >= 4 is 18.2 Å². The third-order valence-corrected chi connectivity index (χ3v) is 4.06. The molecule has 0 radical (unpaired) electrons. The van der Waals surface area contributed by atoms with Crippen molar-refractivity contribution in [2.45, 2.75) is 32.7 Å². The molecule has 1 saturated heterocycles. The van der Waals surface area contributed by atoms with Crippen LogP contribution in [-0.2, 0) is 11.3 Å². The van der Waals surface area contributed by atoms with Gasteiger partial charge in [0.2, 0.25) is 6.48 Å². The predicted octanol–water partition coefficient (Wildman–Crippen LogP) is 1.69. The van der Waals surface area contributed by atoms with Crippen molar-refractivity contribution in [3.63, 3.8) is 0 Å². The number of rotatable bonds is 3. The monoisotopic (exact) mass is 243 g/mol. The molecule has 2 heterocycles. The number of nitrogens with zero attached hydrogens (tertiary/aromatic N) is 1. The number of aliphatic imine (C=N–C) groups is 1. The topological polar surface area (TPSA) is 33.6 Å². The maximum absolute atomic E-state index is 6.11. The summed E-state index contributed by atoms with van der Waals surface area (Å²) in [5.74, 6) is 0. The van der Waals surface area contributed by atoms with Crippen molar-refractivity contribution in [2.75, 3.05) is 13.1 Å². The molecule has 1 aromatic carbocycles. The number of hydrogen-bond acceptors (Lipinski definition) is 3. The fourth-order valence-electron chi connectivity index (χ4n) is 3.26. The molecule has 0 aliphatic carbocycles. The minimum Gasteiger partial charge on any atom is -0.571 e. The lowest BCUT2D eigenvalue weighted by Crippen LogP contribution is -2.57. The van der Waals surface area contributed by atoms with Crippen LogP contribution in [0.3, 0.4) is 0 Å². The van der Waals surface area contributed by atoms with Crippen molar-refractivity contribution in [3.8, 4) is 0 Å². The molecule has 96 valence electrons. The molecule has 1 spiro atoms. The van der Waals surface area contributed by atoms with E-state index in [1.807, 2.05) is 6.21 Å². The van der Waals surface area contributed by atoms with Gasteiger partial charge in [0.15, 0.2) is 0 Å². The predicted molar refractivity (Wildman–Crippen MR) is 76.8 cm³/mol. The average molecular weight is 243 g/mol. The van der Waals surface area contributed by atoms with E-state index >= 15 is 0 Å². The van der Waals surface area contributed by atoms with Crippen LogP contribution >= 0.6 is 0 Å². The zero-order valence-electron chi connectivity index (χ0n) is 11.0. The summed E-state index contributed by atoms with van der Waals surface area (Å²) < 4.78 is 6.11. The van der Waals surface area contributed by atoms with Gasteiger partial charge in [0, 0.05) is 19.4 Å². The zero-order valence-corrected chi connectivity index (χ0v) is 11.0. The van der Waals surface area contributed by atoms with Crippen LogP contribution in [0.25, 0.3) is 0 Å². The van der Waals surface area contributed by atoms with Gasteiger partial charge in [-0.1, -0.05) is 37.1 Å². The molecular formula is C14H20BN2O-. The summed E-state index contributed by atoms with van der Waals surface area (Å²) >= 11 is 0. The smallest absolute Gasteiger partial charge is 0.211 e. The molecule has 3 rings (SSSR count). The van der Waals surface area contributed by atoms with Crippen LogP contribution in [-0.4, -0.2) is 25.8 Å². The third kappa shape index (κ3) is 1.89. The highest BCUT2D eigenvalue weighted by Gasteiger charge is 2.37. The Bertz CT molecular complexity index is 467. The van der Waals surface area contributed by atoms with Gasteiger partial charge in [-0.3, -0.25) is 4.99 Å². The van der Waals surface area contributed by atoms with Crippen molar-refractivity contribution in [2.24, 2.45) is 4.99 Å². The molecule has 1 fully saturated rings. The van der Waals surface area contributed by atoms with Crippen LogP contribution in [0.4, 0.5) is 0 Å². The molecule has 18 heavy (non-hydrogen) atoms. The van der Waals surface area contributed by atoms with Gasteiger partial charge in [0.25, 0.3) is 0 Å².